The van der Waals surface area contributed by atoms with Gasteiger partial charge in [-0.15, -0.1) is 0 Å². The average Bonchev–Trinajstić information content (AvgIpc) is 3.15. The summed E-state index contributed by atoms with van der Waals surface area (Å²) in [6.45, 7) is 1.09. The van der Waals surface area contributed by atoms with Gasteiger partial charge < -0.3 is 5.11 Å². The van der Waals surface area contributed by atoms with Gasteiger partial charge in [-0.05, 0) is 67.1 Å². The third-order valence-electron chi connectivity index (χ3n) is 4.79. The number of hydrogen-bond donors (Lipinski definition) is 1. The quantitative estimate of drug-likeness (QED) is 0.505. The number of benzene rings is 2. The van der Waals surface area contributed by atoms with Gasteiger partial charge in [-0.1, -0.05) is 25.0 Å². The van der Waals surface area contributed by atoms with Crippen molar-refractivity contribution in [2.75, 3.05) is 0 Å². The molecule has 1 unspecified atom stereocenters. The number of aliphatic hydroxyl groups is 1. The van der Waals surface area contributed by atoms with Crippen molar-refractivity contribution in [3.05, 3.63) is 70.5 Å². The largest absolute Gasteiger partial charge is 0.416 e. The van der Waals surface area contributed by atoms with Crippen molar-refractivity contribution in [1.29, 1.82) is 0 Å². The van der Waals surface area contributed by atoms with Crippen LogP contribution in [0.4, 0.5) is 30.7 Å². The summed E-state index contributed by atoms with van der Waals surface area (Å²) < 4.78 is 86.7. The van der Waals surface area contributed by atoms with Gasteiger partial charge >= 0.3 is 12.4 Å². The molecule has 2 aromatic carbocycles. The van der Waals surface area contributed by atoms with Gasteiger partial charge in [-0.2, -0.15) is 26.3 Å². The van der Waals surface area contributed by atoms with E-state index in [1.807, 2.05) is 12.1 Å². The molecule has 2 aromatic rings. The molecular weight excluding hydrogens is 401 g/mol. The van der Waals surface area contributed by atoms with Crippen molar-refractivity contribution in [3.63, 3.8) is 0 Å². The van der Waals surface area contributed by atoms with Crippen molar-refractivity contribution in [2.45, 2.75) is 57.0 Å². The molecular formula is C21H21F7O. The molecule has 0 aliphatic heterocycles. The second kappa shape index (κ2) is 9.15. The number of aliphatic hydroxyl groups excluding tert-OH is 1. The fourth-order valence-corrected chi connectivity index (χ4v) is 3.21. The van der Waals surface area contributed by atoms with Crippen molar-refractivity contribution < 1.29 is 35.8 Å². The molecule has 0 heterocycles. The topological polar surface area (TPSA) is 20.2 Å². The standard InChI is InChI=1S/C11H13F.C10H8F6O/c12-11-7-5-10(6-8-11)9-3-1-2-4-9;1-5(17)6-2-7(9(11,12)13)4-8(3-6)10(14,15)16/h5-9H,1-4H2;2-5,17H,1H3. The van der Waals surface area contributed by atoms with Gasteiger partial charge in [-0.25, -0.2) is 4.39 Å². The smallest absolute Gasteiger partial charge is 0.389 e. The minimum Gasteiger partial charge on any atom is -0.389 e. The first-order chi connectivity index (χ1) is 13.4. The van der Waals surface area contributed by atoms with Crippen molar-refractivity contribution in [1.82, 2.24) is 0 Å². The molecule has 0 spiro atoms. The van der Waals surface area contributed by atoms with Crippen LogP contribution in [0.25, 0.3) is 0 Å². The Balaban J connectivity index is 0.000000218. The highest BCUT2D eigenvalue weighted by molar-refractivity contribution is 5.34. The predicted molar refractivity (Wildman–Crippen MR) is 94.7 cm³/mol. The molecule has 0 radical (unpaired) electrons. The van der Waals surface area contributed by atoms with Gasteiger partial charge in [0.25, 0.3) is 0 Å². The van der Waals surface area contributed by atoms with Crippen LogP contribution in [-0.2, 0) is 12.4 Å². The highest BCUT2D eigenvalue weighted by Gasteiger charge is 2.37. The van der Waals surface area contributed by atoms with Crippen molar-refractivity contribution >= 4 is 0 Å². The Labute approximate surface area is 164 Å². The number of alkyl halides is 6. The zero-order valence-electron chi connectivity index (χ0n) is 15.6. The second-order valence-electron chi connectivity index (χ2n) is 7.05. The minimum absolute atomic E-state index is 0.0197. The molecule has 0 aromatic heterocycles. The highest BCUT2D eigenvalue weighted by Crippen LogP contribution is 2.37. The number of rotatable bonds is 2. The molecule has 1 atom stereocenters. The van der Waals surface area contributed by atoms with E-state index < -0.39 is 35.1 Å². The van der Waals surface area contributed by atoms with Crippen LogP contribution in [0.1, 0.15) is 66.9 Å². The van der Waals surface area contributed by atoms with Gasteiger partial charge in [0.05, 0.1) is 17.2 Å². The van der Waals surface area contributed by atoms with Crippen LogP contribution in [0.3, 0.4) is 0 Å². The molecule has 1 aliphatic rings. The second-order valence-corrected chi connectivity index (χ2v) is 7.05. The van der Waals surface area contributed by atoms with E-state index >= 15 is 0 Å². The summed E-state index contributed by atoms with van der Waals surface area (Å²) in [5.74, 6) is 0.572. The first-order valence-electron chi connectivity index (χ1n) is 9.11. The van der Waals surface area contributed by atoms with Gasteiger partial charge in [-0.3, -0.25) is 0 Å². The Morgan fingerprint density at radius 2 is 1.28 bits per heavy atom. The number of halogens is 7. The normalized spacial score (nSPS) is 16.3. The highest BCUT2D eigenvalue weighted by atomic mass is 19.4. The zero-order chi connectivity index (χ0) is 21.8. The van der Waals surface area contributed by atoms with E-state index in [2.05, 4.69) is 0 Å². The van der Waals surface area contributed by atoms with Gasteiger partial charge in [0.2, 0.25) is 0 Å². The third-order valence-corrected chi connectivity index (χ3v) is 4.79. The molecule has 1 saturated carbocycles. The van der Waals surface area contributed by atoms with E-state index in [9.17, 15) is 30.7 Å². The summed E-state index contributed by atoms with van der Waals surface area (Å²) in [7, 11) is 0. The summed E-state index contributed by atoms with van der Waals surface area (Å²) in [6, 6.07) is 7.99. The Morgan fingerprint density at radius 1 is 0.828 bits per heavy atom. The van der Waals surface area contributed by atoms with Crippen LogP contribution in [0.15, 0.2) is 42.5 Å². The van der Waals surface area contributed by atoms with E-state index in [-0.39, 0.29) is 11.9 Å². The molecule has 1 fully saturated rings. The molecule has 1 nitrogen and oxygen atoms in total. The summed E-state index contributed by atoms with van der Waals surface area (Å²) >= 11 is 0. The predicted octanol–water partition coefficient (Wildman–Crippen LogP) is 7.26. The Hall–Kier alpha value is -2.09. The van der Waals surface area contributed by atoms with Crippen LogP contribution in [0, 0.1) is 5.82 Å². The molecule has 3 rings (SSSR count). The van der Waals surface area contributed by atoms with E-state index in [0.29, 0.717) is 18.1 Å². The lowest BCUT2D eigenvalue weighted by molar-refractivity contribution is -0.143. The van der Waals surface area contributed by atoms with Crippen LogP contribution in [0.5, 0.6) is 0 Å². The van der Waals surface area contributed by atoms with Gasteiger partial charge in [0.15, 0.2) is 0 Å². The van der Waals surface area contributed by atoms with Crippen LogP contribution >= 0.6 is 0 Å². The summed E-state index contributed by atoms with van der Waals surface area (Å²) in [6.07, 6.45) is -5.93. The number of hydrogen-bond acceptors (Lipinski definition) is 1. The molecule has 0 amide bonds. The molecule has 0 bridgehead atoms. The Morgan fingerprint density at radius 3 is 1.66 bits per heavy atom. The third kappa shape index (κ3) is 6.73. The molecule has 8 heteroatoms. The first kappa shape index (κ1) is 23.2. The fourth-order valence-electron chi connectivity index (χ4n) is 3.21. The zero-order valence-corrected chi connectivity index (χ0v) is 15.6. The van der Waals surface area contributed by atoms with E-state index in [1.165, 1.54) is 31.2 Å². The molecule has 29 heavy (non-hydrogen) atoms. The monoisotopic (exact) mass is 422 g/mol. The fraction of sp³-hybridized carbons (Fsp3) is 0.429. The average molecular weight is 422 g/mol. The molecule has 1 N–H and O–H groups in total. The molecule has 160 valence electrons. The van der Waals surface area contributed by atoms with Gasteiger partial charge in [0.1, 0.15) is 5.82 Å². The summed E-state index contributed by atoms with van der Waals surface area (Å²) in [5, 5.41) is 9.07. The maximum Gasteiger partial charge on any atom is 0.416 e. The van der Waals surface area contributed by atoms with Crippen molar-refractivity contribution in [3.8, 4) is 0 Å². The van der Waals surface area contributed by atoms with Crippen LogP contribution in [-0.4, -0.2) is 5.11 Å². The lowest BCUT2D eigenvalue weighted by atomic mass is 9.98. The molecule has 0 saturated heterocycles. The Kier molecular flexibility index (Phi) is 7.32. The maximum absolute atomic E-state index is 12.6. The SMILES string of the molecule is CC(O)c1cc(C(F)(F)F)cc(C(F)(F)F)c1.Fc1ccc(C2CCCC2)cc1. The van der Waals surface area contributed by atoms with E-state index in [0.717, 1.165) is 6.92 Å². The first-order valence-corrected chi connectivity index (χ1v) is 9.11. The van der Waals surface area contributed by atoms with Gasteiger partial charge in [0, 0.05) is 0 Å². The summed E-state index contributed by atoms with van der Waals surface area (Å²) in [5.41, 5.74) is -1.97. The van der Waals surface area contributed by atoms with Crippen molar-refractivity contribution in [2.24, 2.45) is 0 Å². The van der Waals surface area contributed by atoms with Crippen LogP contribution in [0.2, 0.25) is 0 Å². The summed E-state index contributed by atoms with van der Waals surface area (Å²) in [4.78, 5) is 0. The van der Waals surface area contributed by atoms with E-state index in [4.69, 9.17) is 5.11 Å². The lowest BCUT2D eigenvalue weighted by Crippen LogP contribution is -2.12. The minimum atomic E-state index is -4.88. The Bertz CT molecular complexity index is 754. The maximum atomic E-state index is 12.6. The lowest BCUT2D eigenvalue weighted by Gasteiger charge is -2.15. The van der Waals surface area contributed by atoms with Crippen LogP contribution < -0.4 is 0 Å². The van der Waals surface area contributed by atoms with E-state index in [1.54, 1.807) is 12.1 Å². The molecule has 1 aliphatic carbocycles.